The van der Waals surface area contributed by atoms with Gasteiger partial charge in [0.15, 0.2) is 5.76 Å². The van der Waals surface area contributed by atoms with E-state index in [0.29, 0.717) is 24.6 Å². The van der Waals surface area contributed by atoms with Gasteiger partial charge in [-0.05, 0) is 31.0 Å². The first-order valence-electron chi connectivity index (χ1n) is 6.76. The Morgan fingerprint density at radius 2 is 2.35 bits per heavy atom. The van der Waals surface area contributed by atoms with E-state index < -0.39 is 0 Å². The van der Waals surface area contributed by atoms with Crippen molar-refractivity contribution in [1.82, 2.24) is 14.7 Å². The fourth-order valence-corrected chi connectivity index (χ4v) is 2.22. The molecule has 6 heteroatoms. The van der Waals surface area contributed by atoms with Crippen LogP contribution in [0.3, 0.4) is 0 Å². The molecule has 3 rings (SSSR count). The largest absolute Gasteiger partial charge is 0.454 e. The Bertz CT molecular complexity index is 572. The van der Waals surface area contributed by atoms with Crippen molar-refractivity contribution in [2.75, 3.05) is 13.2 Å². The minimum Gasteiger partial charge on any atom is -0.454 e. The van der Waals surface area contributed by atoms with Crippen LogP contribution in [0.2, 0.25) is 0 Å². The predicted molar refractivity (Wildman–Crippen MR) is 71.2 cm³/mol. The molecular weight excluding hydrogens is 258 g/mol. The van der Waals surface area contributed by atoms with E-state index in [2.05, 4.69) is 5.10 Å². The molecule has 0 spiro atoms. The van der Waals surface area contributed by atoms with Crippen LogP contribution >= 0.6 is 0 Å². The molecule has 0 aromatic carbocycles. The van der Waals surface area contributed by atoms with Crippen molar-refractivity contribution < 1.29 is 14.3 Å². The number of hydrogen-bond acceptors (Lipinski definition) is 4. The van der Waals surface area contributed by atoms with Gasteiger partial charge >= 0.3 is 0 Å². The molecule has 6 nitrogen and oxygen atoms in total. The number of furan rings is 1. The summed E-state index contributed by atoms with van der Waals surface area (Å²) < 4.78 is 7.33. The molecule has 0 saturated heterocycles. The summed E-state index contributed by atoms with van der Waals surface area (Å²) in [5.41, 5.74) is 0. The second-order valence-electron chi connectivity index (χ2n) is 4.92. The van der Waals surface area contributed by atoms with Crippen LogP contribution in [0.4, 0.5) is 0 Å². The molecule has 2 aromatic heterocycles. The number of nitrogens with zero attached hydrogens (tertiary/aromatic N) is 3. The molecule has 1 aliphatic rings. The summed E-state index contributed by atoms with van der Waals surface area (Å²) in [5.74, 6) is 0.873. The first kappa shape index (κ1) is 12.9. The molecule has 0 bridgehead atoms. The average molecular weight is 275 g/mol. The number of aliphatic hydroxyl groups excluding tert-OH is 1. The monoisotopic (exact) mass is 275 g/mol. The molecule has 1 fully saturated rings. The van der Waals surface area contributed by atoms with Crippen LogP contribution in [0.15, 0.2) is 35.0 Å². The lowest BCUT2D eigenvalue weighted by molar-refractivity contribution is 0.0673. The van der Waals surface area contributed by atoms with E-state index in [9.17, 15) is 4.79 Å². The second kappa shape index (κ2) is 5.50. The van der Waals surface area contributed by atoms with Gasteiger partial charge in [0.25, 0.3) is 5.91 Å². The van der Waals surface area contributed by atoms with Crippen molar-refractivity contribution in [2.24, 2.45) is 0 Å². The van der Waals surface area contributed by atoms with E-state index in [-0.39, 0.29) is 18.6 Å². The van der Waals surface area contributed by atoms with Crippen LogP contribution in [-0.2, 0) is 6.54 Å². The number of amides is 1. The average Bonchev–Trinajstić information content (AvgIpc) is 2.97. The second-order valence-corrected chi connectivity index (χ2v) is 4.92. The van der Waals surface area contributed by atoms with Gasteiger partial charge in [0.05, 0.1) is 13.2 Å². The van der Waals surface area contributed by atoms with Gasteiger partial charge in [-0.25, -0.2) is 0 Å². The zero-order valence-electron chi connectivity index (χ0n) is 11.1. The van der Waals surface area contributed by atoms with Crippen LogP contribution in [0, 0.1) is 0 Å². The van der Waals surface area contributed by atoms with Crippen LogP contribution in [0.25, 0.3) is 0 Å². The van der Waals surface area contributed by atoms with Crippen molar-refractivity contribution in [2.45, 2.75) is 25.4 Å². The molecule has 106 valence electrons. The maximum atomic E-state index is 12.3. The molecule has 20 heavy (non-hydrogen) atoms. The maximum absolute atomic E-state index is 12.3. The lowest BCUT2D eigenvalue weighted by Crippen LogP contribution is -2.35. The third-order valence-electron chi connectivity index (χ3n) is 3.34. The smallest absolute Gasteiger partial charge is 0.289 e. The molecule has 1 aliphatic carbocycles. The highest BCUT2D eigenvalue weighted by Gasteiger charge is 2.33. The van der Waals surface area contributed by atoms with E-state index in [1.165, 1.54) is 0 Å². The molecule has 0 atom stereocenters. The van der Waals surface area contributed by atoms with Gasteiger partial charge < -0.3 is 14.4 Å². The summed E-state index contributed by atoms with van der Waals surface area (Å²) in [4.78, 5) is 14.0. The summed E-state index contributed by atoms with van der Waals surface area (Å²) in [7, 11) is 0. The van der Waals surface area contributed by atoms with Crippen molar-refractivity contribution in [3.8, 4) is 0 Å². The van der Waals surface area contributed by atoms with Gasteiger partial charge in [-0.1, -0.05) is 0 Å². The third kappa shape index (κ3) is 2.75. The lowest BCUT2D eigenvalue weighted by atomic mass is 10.3. The molecule has 1 saturated carbocycles. The Morgan fingerprint density at radius 1 is 1.50 bits per heavy atom. The van der Waals surface area contributed by atoms with E-state index in [1.54, 1.807) is 27.9 Å². The van der Waals surface area contributed by atoms with Crippen LogP contribution in [-0.4, -0.2) is 44.9 Å². The Labute approximate surface area is 116 Å². The standard InChI is InChI=1S/C14H17N3O3/c18-9-8-17(11-2-3-11)14(19)13-5-4-12(20-13)10-16-7-1-6-15-16/h1,4-7,11,18H,2-3,8-10H2. The number of rotatable bonds is 6. The molecule has 1 N–H and O–H groups in total. The van der Waals surface area contributed by atoms with E-state index in [4.69, 9.17) is 9.52 Å². The van der Waals surface area contributed by atoms with Crippen molar-refractivity contribution in [3.05, 3.63) is 42.1 Å². The molecular formula is C14H17N3O3. The molecule has 0 aliphatic heterocycles. The first-order valence-corrected chi connectivity index (χ1v) is 6.76. The maximum Gasteiger partial charge on any atom is 0.289 e. The van der Waals surface area contributed by atoms with Crippen LogP contribution in [0.5, 0.6) is 0 Å². The van der Waals surface area contributed by atoms with Crippen molar-refractivity contribution in [1.29, 1.82) is 0 Å². The lowest BCUT2D eigenvalue weighted by Gasteiger charge is -2.19. The van der Waals surface area contributed by atoms with E-state index in [1.807, 2.05) is 12.3 Å². The van der Waals surface area contributed by atoms with Gasteiger partial charge in [0, 0.05) is 25.0 Å². The molecule has 0 radical (unpaired) electrons. The van der Waals surface area contributed by atoms with E-state index in [0.717, 1.165) is 12.8 Å². The highest BCUT2D eigenvalue weighted by Crippen LogP contribution is 2.28. The number of carbonyl (C=O) groups excluding carboxylic acids is 1. The fraction of sp³-hybridized carbons (Fsp3) is 0.429. The minimum absolute atomic E-state index is 0.0247. The summed E-state index contributed by atoms with van der Waals surface area (Å²) >= 11 is 0. The Hall–Kier alpha value is -2.08. The van der Waals surface area contributed by atoms with E-state index >= 15 is 0 Å². The van der Waals surface area contributed by atoms with Gasteiger partial charge in [0.1, 0.15) is 5.76 Å². The summed E-state index contributed by atoms with van der Waals surface area (Å²) in [6, 6.07) is 5.58. The predicted octanol–water partition coefficient (Wildman–Crippen LogP) is 1.12. The number of aromatic nitrogens is 2. The molecule has 2 aromatic rings. The minimum atomic E-state index is -0.145. The summed E-state index contributed by atoms with van der Waals surface area (Å²) in [5, 5.41) is 13.1. The molecule has 0 unspecified atom stereocenters. The van der Waals surface area contributed by atoms with Gasteiger partial charge in [-0.3, -0.25) is 9.48 Å². The molecule has 1 amide bonds. The topological polar surface area (TPSA) is 71.5 Å². The Kier molecular flexibility index (Phi) is 3.56. The number of hydrogen-bond donors (Lipinski definition) is 1. The SMILES string of the molecule is O=C(c1ccc(Cn2cccn2)o1)N(CCO)C1CC1. The third-order valence-corrected chi connectivity index (χ3v) is 3.34. The number of aliphatic hydroxyl groups is 1. The van der Waals surface area contributed by atoms with Crippen LogP contribution < -0.4 is 0 Å². The first-order chi connectivity index (χ1) is 9.78. The van der Waals surface area contributed by atoms with Gasteiger partial charge in [-0.15, -0.1) is 0 Å². The zero-order valence-corrected chi connectivity index (χ0v) is 11.1. The Morgan fingerprint density at radius 3 is 3.00 bits per heavy atom. The zero-order chi connectivity index (χ0) is 13.9. The van der Waals surface area contributed by atoms with Crippen molar-refractivity contribution in [3.63, 3.8) is 0 Å². The fourth-order valence-electron chi connectivity index (χ4n) is 2.22. The van der Waals surface area contributed by atoms with Gasteiger partial charge in [0.2, 0.25) is 0 Å². The summed E-state index contributed by atoms with van der Waals surface area (Å²) in [6.07, 6.45) is 5.55. The van der Waals surface area contributed by atoms with Gasteiger partial charge in [-0.2, -0.15) is 5.10 Å². The Balaban J connectivity index is 1.70. The highest BCUT2D eigenvalue weighted by atomic mass is 16.4. The normalized spacial score (nSPS) is 14.4. The van der Waals surface area contributed by atoms with Crippen LogP contribution in [0.1, 0.15) is 29.2 Å². The highest BCUT2D eigenvalue weighted by molar-refractivity contribution is 5.92. The number of carbonyl (C=O) groups is 1. The summed E-state index contributed by atoms with van der Waals surface area (Å²) in [6.45, 7) is 0.839. The molecule has 2 heterocycles. The van der Waals surface area contributed by atoms with Crippen molar-refractivity contribution >= 4 is 5.91 Å². The quantitative estimate of drug-likeness (QED) is 0.857.